The molecule has 0 heterocycles. The number of halogens is 2. The summed E-state index contributed by atoms with van der Waals surface area (Å²) in [4.78, 5) is 29.6. The van der Waals surface area contributed by atoms with E-state index in [9.17, 15) is 18.0 Å². The number of anilines is 1. The summed E-state index contributed by atoms with van der Waals surface area (Å²) in [7, 11) is -4.18. The van der Waals surface area contributed by atoms with Crippen molar-refractivity contribution in [2.75, 3.05) is 17.4 Å². The second-order valence-electron chi connectivity index (χ2n) is 11.0. The normalized spacial score (nSPS) is 12.0. The fourth-order valence-electron chi connectivity index (χ4n) is 4.93. The standard InChI is InChI=1S/C35H37Cl2N3O4S/c1-5-38-35(42)33(21-27-9-7-6-8-10-27)39(22-28-14-18-31(36)32(37)20-28)34(41)23-40(29-15-13-25(3)26(4)19-29)45(43,44)30-16-11-24(2)12-17-30/h6-20,33H,5,21-23H2,1-4H3,(H,38,42)/t33-/m0/s1. The summed E-state index contributed by atoms with van der Waals surface area (Å²) in [6.45, 7) is 7.31. The summed E-state index contributed by atoms with van der Waals surface area (Å²) in [6.07, 6.45) is 0.216. The van der Waals surface area contributed by atoms with Gasteiger partial charge in [-0.3, -0.25) is 13.9 Å². The molecule has 4 aromatic carbocycles. The van der Waals surface area contributed by atoms with Crippen molar-refractivity contribution in [2.45, 2.75) is 51.6 Å². The molecule has 10 heteroatoms. The van der Waals surface area contributed by atoms with Crippen LogP contribution in [0.5, 0.6) is 0 Å². The van der Waals surface area contributed by atoms with Gasteiger partial charge < -0.3 is 10.2 Å². The largest absolute Gasteiger partial charge is 0.355 e. The monoisotopic (exact) mass is 665 g/mol. The molecule has 4 aromatic rings. The van der Waals surface area contributed by atoms with Gasteiger partial charge in [0.15, 0.2) is 0 Å². The number of carbonyl (C=O) groups is 2. The minimum atomic E-state index is -4.18. The van der Waals surface area contributed by atoms with Crippen molar-refractivity contribution >= 4 is 50.7 Å². The Bertz CT molecular complexity index is 1760. The first-order valence-corrected chi connectivity index (χ1v) is 16.8. The number of likely N-dealkylation sites (N-methyl/N-ethyl adjacent to an activating group) is 1. The van der Waals surface area contributed by atoms with Crippen LogP contribution in [0.15, 0.2) is 95.9 Å². The molecule has 1 N–H and O–H groups in total. The lowest BCUT2D eigenvalue weighted by atomic mass is 10.0. The third-order valence-corrected chi connectivity index (χ3v) is 10.2. The maximum atomic E-state index is 14.5. The van der Waals surface area contributed by atoms with Gasteiger partial charge in [0.1, 0.15) is 12.6 Å². The molecule has 0 bridgehead atoms. The summed E-state index contributed by atoms with van der Waals surface area (Å²) in [5.41, 5.74) is 4.60. The third kappa shape index (κ3) is 8.45. The van der Waals surface area contributed by atoms with Gasteiger partial charge in [0, 0.05) is 19.5 Å². The fourth-order valence-corrected chi connectivity index (χ4v) is 6.65. The van der Waals surface area contributed by atoms with Gasteiger partial charge in [-0.1, -0.05) is 83.4 Å². The van der Waals surface area contributed by atoms with Crippen LogP contribution in [0, 0.1) is 20.8 Å². The number of amides is 2. The smallest absolute Gasteiger partial charge is 0.264 e. The van der Waals surface area contributed by atoms with Crippen LogP contribution in [-0.4, -0.2) is 44.3 Å². The van der Waals surface area contributed by atoms with Crippen molar-refractivity contribution in [3.05, 3.63) is 129 Å². The van der Waals surface area contributed by atoms with E-state index in [1.807, 2.05) is 57.2 Å². The average molecular weight is 667 g/mol. The number of nitrogens with one attached hydrogen (secondary N) is 1. The molecule has 1 atom stereocenters. The highest BCUT2D eigenvalue weighted by atomic mass is 35.5. The second-order valence-corrected chi connectivity index (χ2v) is 13.6. The Morgan fingerprint density at radius 2 is 1.49 bits per heavy atom. The summed E-state index contributed by atoms with van der Waals surface area (Å²) >= 11 is 12.5. The molecular weight excluding hydrogens is 629 g/mol. The lowest BCUT2D eigenvalue weighted by Crippen LogP contribution is -2.53. The Morgan fingerprint density at radius 3 is 2.11 bits per heavy atom. The van der Waals surface area contributed by atoms with Gasteiger partial charge >= 0.3 is 0 Å². The first-order valence-electron chi connectivity index (χ1n) is 14.6. The maximum absolute atomic E-state index is 14.5. The van der Waals surface area contributed by atoms with E-state index in [0.29, 0.717) is 27.8 Å². The van der Waals surface area contributed by atoms with Gasteiger partial charge in [0.25, 0.3) is 10.0 Å². The molecule has 236 valence electrons. The molecule has 0 aliphatic heterocycles. The number of hydrogen-bond acceptors (Lipinski definition) is 4. The van der Waals surface area contributed by atoms with Gasteiger partial charge in [-0.2, -0.15) is 0 Å². The third-order valence-electron chi connectivity index (χ3n) is 7.63. The molecule has 0 saturated carbocycles. The number of carbonyl (C=O) groups excluding carboxylic acids is 2. The minimum Gasteiger partial charge on any atom is -0.355 e. The van der Waals surface area contributed by atoms with Crippen molar-refractivity contribution in [3.63, 3.8) is 0 Å². The predicted molar refractivity (Wildman–Crippen MR) is 181 cm³/mol. The Hall–Kier alpha value is -3.85. The van der Waals surface area contributed by atoms with Gasteiger partial charge in [-0.05, 0) is 86.3 Å². The van der Waals surface area contributed by atoms with Crippen molar-refractivity contribution < 1.29 is 18.0 Å². The Morgan fingerprint density at radius 1 is 0.800 bits per heavy atom. The molecule has 0 spiro atoms. The molecule has 2 amide bonds. The highest BCUT2D eigenvalue weighted by molar-refractivity contribution is 7.92. The van der Waals surface area contributed by atoms with Gasteiger partial charge in [-0.25, -0.2) is 8.42 Å². The van der Waals surface area contributed by atoms with E-state index >= 15 is 0 Å². The Labute approximate surface area is 275 Å². The molecule has 0 radical (unpaired) electrons. The van der Waals surface area contributed by atoms with Crippen molar-refractivity contribution in [1.82, 2.24) is 10.2 Å². The van der Waals surface area contributed by atoms with E-state index in [4.69, 9.17) is 23.2 Å². The summed E-state index contributed by atoms with van der Waals surface area (Å²) in [5, 5.41) is 3.51. The van der Waals surface area contributed by atoms with E-state index in [0.717, 1.165) is 26.6 Å². The highest BCUT2D eigenvalue weighted by Gasteiger charge is 2.34. The molecule has 45 heavy (non-hydrogen) atoms. The summed E-state index contributed by atoms with van der Waals surface area (Å²) in [5.74, 6) is -0.906. The Kier molecular flexibility index (Phi) is 11.3. The molecule has 0 aliphatic rings. The zero-order valence-corrected chi connectivity index (χ0v) is 28.1. The molecule has 0 saturated heterocycles. The van der Waals surface area contributed by atoms with E-state index in [1.54, 1.807) is 49.4 Å². The maximum Gasteiger partial charge on any atom is 0.264 e. The Balaban J connectivity index is 1.82. The number of benzene rings is 4. The quantitative estimate of drug-likeness (QED) is 0.179. The predicted octanol–water partition coefficient (Wildman–Crippen LogP) is 6.89. The van der Waals surface area contributed by atoms with Crippen LogP contribution >= 0.6 is 23.2 Å². The summed E-state index contributed by atoms with van der Waals surface area (Å²) < 4.78 is 29.5. The van der Waals surface area contributed by atoms with Crippen molar-refractivity contribution in [2.24, 2.45) is 0 Å². The lowest BCUT2D eigenvalue weighted by molar-refractivity contribution is -0.140. The average Bonchev–Trinajstić information content (AvgIpc) is 3.01. The number of hydrogen-bond donors (Lipinski definition) is 1. The van der Waals surface area contributed by atoms with Crippen LogP contribution in [-0.2, 0) is 32.6 Å². The zero-order chi connectivity index (χ0) is 32.7. The molecule has 7 nitrogen and oxygen atoms in total. The lowest BCUT2D eigenvalue weighted by Gasteiger charge is -2.34. The first-order chi connectivity index (χ1) is 21.4. The van der Waals surface area contributed by atoms with Crippen LogP contribution in [0.4, 0.5) is 5.69 Å². The second kappa shape index (κ2) is 15.0. The molecule has 0 fully saturated rings. The number of sulfonamides is 1. The van der Waals surface area contributed by atoms with Crippen molar-refractivity contribution in [1.29, 1.82) is 0 Å². The molecule has 0 aromatic heterocycles. The van der Waals surface area contributed by atoms with Gasteiger partial charge in [0.05, 0.1) is 20.6 Å². The number of aryl methyl sites for hydroxylation is 3. The van der Waals surface area contributed by atoms with Crippen LogP contribution in [0.25, 0.3) is 0 Å². The van der Waals surface area contributed by atoms with Crippen LogP contribution in [0.3, 0.4) is 0 Å². The minimum absolute atomic E-state index is 0.00426. The van der Waals surface area contributed by atoms with Crippen LogP contribution in [0.1, 0.15) is 34.7 Å². The fraction of sp³-hybridized carbons (Fsp3) is 0.257. The zero-order valence-electron chi connectivity index (χ0n) is 25.8. The number of rotatable bonds is 12. The van der Waals surface area contributed by atoms with Crippen LogP contribution < -0.4 is 9.62 Å². The van der Waals surface area contributed by atoms with E-state index < -0.39 is 28.5 Å². The molecule has 0 aliphatic carbocycles. The molecule has 4 rings (SSSR count). The molecule has 0 unspecified atom stereocenters. The topological polar surface area (TPSA) is 86.8 Å². The summed E-state index contributed by atoms with van der Waals surface area (Å²) in [6, 6.07) is 25.2. The van der Waals surface area contributed by atoms with Gasteiger partial charge in [-0.15, -0.1) is 0 Å². The SMILES string of the molecule is CCNC(=O)[C@H](Cc1ccccc1)N(Cc1ccc(Cl)c(Cl)c1)C(=O)CN(c1ccc(C)c(C)c1)S(=O)(=O)c1ccc(C)cc1. The van der Waals surface area contributed by atoms with Crippen LogP contribution in [0.2, 0.25) is 10.0 Å². The highest BCUT2D eigenvalue weighted by Crippen LogP contribution is 2.28. The van der Waals surface area contributed by atoms with E-state index in [-0.39, 0.29) is 23.8 Å². The first kappa shape index (κ1) is 34.0. The molecular formula is C35H37Cl2N3O4S. The van der Waals surface area contributed by atoms with Crippen molar-refractivity contribution in [3.8, 4) is 0 Å². The number of nitrogens with zero attached hydrogens (tertiary/aromatic N) is 2. The van der Waals surface area contributed by atoms with E-state index in [2.05, 4.69) is 5.32 Å². The van der Waals surface area contributed by atoms with E-state index in [1.165, 1.54) is 17.0 Å². The van der Waals surface area contributed by atoms with Gasteiger partial charge in [0.2, 0.25) is 11.8 Å².